The van der Waals surface area contributed by atoms with Gasteiger partial charge in [-0.3, -0.25) is 9.59 Å². The Morgan fingerprint density at radius 2 is 1.86 bits per heavy atom. The van der Waals surface area contributed by atoms with Crippen molar-refractivity contribution < 1.29 is 14.0 Å². The van der Waals surface area contributed by atoms with Crippen LogP contribution >= 0.6 is 0 Å². The van der Waals surface area contributed by atoms with Gasteiger partial charge in [0, 0.05) is 49.3 Å². The molecule has 148 valence electrons. The number of aromatic nitrogens is 1. The number of halogens is 1. The lowest BCUT2D eigenvalue weighted by atomic mass is 9.89. The van der Waals surface area contributed by atoms with Crippen LogP contribution in [0.2, 0.25) is 0 Å². The minimum atomic E-state index is -0.307. The molecule has 0 unspecified atom stereocenters. The number of aromatic amines is 1. The molecule has 2 fully saturated rings. The highest BCUT2D eigenvalue weighted by molar-refractivity contribution is 5.98. The minimum Gasteiger partial charge on any atom is -0.351 e. The number of para-hydroxylation sites is 1. The van der Waals surface area contributed by atoms with Gasteiger partial charge in [-0.25, -0.2) is 4.39 Å². The molecule has 2 saturated heterocycles. The summed E-state index contributed by atoms with van der Waals surface area (Å²) >= 11 is 0. The van der Waals surface area contributed by atoms with Gasteiger partial charge in [0.25, 0.3) is 5.91 Å². The highest BCUT2D eigenvalue weighted by Crippen LogP contribution is 2.45. The maximum absolute atomic E-state index is 13.8. The third kappa shape index (κ3) is 2.99. The standard InChI is InChI=1S/C23H22FN3O2/c1-14(28)27-12-17-11-26(13-19(17)22(27)16-6-4-7-18(24)9-16)23(29)21-10-15-5-2-3-8-20(15)25-21/h2-10,17,19,22,25H,11-13H2,1H3/t17-,19-,22-/m1/s1. The largest absolute Gasteiger partial charge is 0.351 e. The zero-order valence-corrected chi connectivity index (χ0v) is 16.1. The number of hydrogen-bond acceptors (Lipinski definition) is 2. The van der Waals surface area contributed by atoms with Crippen molar-refractivity contribution in [3.8, 4) is 0 Å². The summed E-state index contributed by atoms with van der Waals surface area (Å²) in [6.45, 7) is 3.32. The Morgan fingerprint density at radius 1 is 1.03 bits per heavy atom. The first-order valence-electron chi connectivity index (χ1n) is 9.91. The molecule has 0 saturated carbocycles. The summed E-state index contributed by atoms with van der Waals surface area (Å²) in [5.74, 6) is -0.0434. The first-order valence-corrected chi connectivity index (χ1v) is 9.91. The van der Waals surface area contributed by atoms with E-state index < -0.39 is 0 Å². The Morgan fingerprint density at radius 3 is 2.62 bits per heavy atom. The number of likely N-dealkylation sites (tertiary alicyclic amines) is 2. The SMILES string of the molecule is CC(=O)N1C[C@H]2CN(C(=O)c3cc4ccccc4[nH]3)C[C@H]2[C@H]1c1cccc(F)c1. The van der Waals surface area contributed by atoms with E-state index in [1.807, 2.05) is 46.2 Å². The molecule has 2 aliphatic rings. The van der Waals surface area contributed by atoms with Gasteiger partial charge >= 0.3 is 0 Å². The predicted octanol–water partition coefficient (Wildman–Crippen LogP) is 3.60. The van der Waals surface area contributed by atoms with Crippen LogP contribution < -0.4 is 0 Å². The third-order valence-electron chi connectivity index (χ3n) is 6.31. The topological polar surface area (TPSA) is 56.4 Å². The van der Waals surface area contributed by atoms with Gasteiger partial charge in [-0.2, -0.15) is 0 Å². The number of H-pyrrole nitrogens is 1. The molecule has 3 atom stereocenters. The van der Waals surface area contributed by atoms with Crippen LogP contribution in [0.25, 0.3) is 10.9 Å². The summed E-state index contributed by atoms with van der Waals surface area (Å²) in [5, 5.41) is 1.01. The number of nitrogens with one attached hydrogen (secondary N) is 1. The van der Waals surface area contributed by atoms with E-state index in [1.54, 1.807) is 13.0 Å². The molecule has 2 aromatic carbocycles. The molecule has 29 heavy (non-hydrogen) atoms. The van der Waals surface area contributed by atoms with Crippen molar-refractivity contribution in [2.24, 2.45) is 11.8 Å². The summed E-state index contributed by atoms with van der Waals surface area (Å²) in [4.78, 5) is 32.2. The first-order chi connectivity index (χ1) is 14.0. The maximum atomic E-state index is 13.8. The molecule has 0 spiro atoms. The van der Waals surface area contributed by atoms with E-state index in [-0.39, 0.29) is 35.5 Å². The molecular formula is C23H22FN3O2. The molecule has 0 aliphatic carbocycles. The number of amides is 2. The highest BCUT2D eigenvalue weighted by Gasteiger charge is 2.49. The van der Waals surface area contributed by atoms with E-state index in [2.05, 4.69) is 4.98 Å². The van der Waals surface area contributed by atoms with Crippen molar-refractivity contribution in [3.05, 3.63) is 71.7 Å². The van der Waals surface area contributed by atoms with E-state index in [4.69, 9.17) is 0 Å². The summed E-state index contributed by atoms with van der Waals surface area (Å²) in [6, 6.07) is 16.0. The van der Waals surface area contributed by atoms with Gasteiger partial charge in [-0.1, -0.05) is 30.3 Å². The van der Waals surface area contributed by atoms with Crippen LogP contribution in [0, 0.1) is 17.7 Å². The zero-order valence-electron chi connectivity index (χ0n) is 16.1. The number of hydrogen-bond donors (Lipinski definition) is 1. The fourth-order valence-electron chi connectivity index (χ4n) is 5.01. The second kappa shape index (κ2) is 6.72. The molecule has 3 heterocycles. The van der Waals surface area contributed by atoms with E-state index in [9.17, 15) is 14.0 Å². The van der Waals surface area contributed by atoms with E-state index in [0.717, 1.165) is 16.5 Å². The molecule has 1 aromatic heterocycles. The lowest BCUT2D eigenvalue weighted by Crippen LogP contribution is -2.36. The average Bonchev–Trinajstić information content (AvgIpc) is 3.39. The van der Waals surface area contributed by atoms with Crippen LogP contribution in [-0.2, 0) is 4.79 Å². The highest BCUT2D eigenvalue weighted by atomic mass is 19.1. The second-order valence-electron chi connectivity index (χ2n) is 8.08. The van der Waals surface area contributed by atoms with Gasteiger partial charge < -0.3 is 14.8 Å². The van der Waals surface area contributed by atoms with Crippen LogP contribution in [0.3, 0.4) is 0 Å². The van der Waals surface area contributed by atoms with Gasteiger partial charge in [0.15, 0.2) is 0 Å². The molecule has 5 rings (SSSR count). The Kier molecular flexibility index (Phi) is 4.15. The molecule has 6 heteroatoms. The van der Waals surface area contributed by atoms with Crippen LogP contribution in [0.1, 0.15) is 29.0 Å². The van der Waals surface area contributed by atoms with Crippen molar-refractivity contribution in [2.45, 2.75) is 13.0 Å². The molecule has 2 amide bonds. The molecule has 5 nitrogen and oxygen atoms in total. The lowest BCUT2D eigenvalue weighted by Gasteiger charge is -2.29. The van der Waals surface area contributed by atoms with Crippen molar-refractivity contribution in [3.63, 3.8) is 0 Å². The Labute approximate surface area is 168 Å². The summed E-state index contributed by atoms with van der Waals surface area (Å²) in [6.07, 6.45) is 0. The van der Waals surface area contributed by atoms with Crippen molar-refractivity contribution >= 4 is 22.7 Å². The molecule has 1 N–H and O–H groups in total. The quantitative estimate of drug-likeness (QED) is 0.726. The minimum absolute atomic E-state index is 0.0119. The number of benzene rings is 2. The smallest absolute Gasteiger partial charge is 0.270 e. The van der Waals surface area contributed by atoms with E-state index in [1.165, 1.54) is 12.1 Å². The monoisotopic (exact) mass is 391 g/mol. The Balaban J connectivity index is 1.42. The Hall–Kier alpha value is -3.15. The van der Waals surface area contributed by atoms with Crippen LogP contribution in [0.4, 0.5) is 4.39 Å². The van der Waals surface area contributed by atoms with Gasteiger partial charge in [-0.15, -0.1) is 0 Å². The van der Waals surface area contributed by atoms with Gasteiger partial charge in [0.1, 0.15) is 11.5 Å². The number of nitrogens with zero attached hydrogens (tertiary/aromatic N) is 2. The van der Waals surface area contributed by atoms with E-state index in [0.29, 0.717) is 25.3 Å². The predicted molar refractivity (Wildman–Crippen MR) is 108 cm³/mol. The second-order valence-corrected chi connectivity index (χ2v) is 8.08. The summed E-state index contributed by atoms with van der Waals surface area (Å²) in [7, 11) is 0. The van der Waals surface area contributed by atoms with Crippen LogP contribution in [-0.4, -0.2) is 46.2 Å². The summed E-state index contributed by atoms with van der Waals surface area (Å²) < 4.78 is 13.8. The molecule has 0 radical (unpaired) electrons. The van der Waals surface area contributed by atoms with Crippen LogP contribution in [0.5, 0.6) is 0 Å². The fourth-order valence-corrected chi connectivity index (χ4v) is 5.01. The zero-order chi connectivity index (χ0) is 20.1. The van der Waals surface area contributed by atoms with Crippen molar-refractivity contribution in [1.29, 1.82) is 0 Å². The maximum Gasteiger partial charge on any atom is 0.270 e. The third-order valence-corrected chi connectivity index (χ3v) is 6.31. The van der Waals surface area contributed by atoms with E-state index >= 15 is 0 Å². The number of fused-ring (bicyclic) bond motifs is 2. The molecule has 2 aliphatic heterocycles. The molecular weight excluding hydrogens is 369 g/mol. The van der Waals surface area contributed by atoms with Crippen LogP contribution in [0.15, 0.2) is 54.6 Å². The number of rotatable bonds is 2. The molecule has 3 aromatic rings. The number of carbonyl (C=O) groups excluding carboxylic acids is 2. The van der Waals surface area contributed by atoms with Crippen molar-refractivity contribution in [1.82, 2.24) is 14.8 Å². The first kappa shape index (κ1) is 17.9. The number of carbonyl (C=O) groups is 2. The van der Waals surface area contributed by atoms with Gasteiger partial charge in [-0.05, 0) is 29.8 Å². The fraction of sp³-hybridized carbons (Fsp3) is 0.304. The normalized spacial score (nSPS) is 23.6. The van der Waals surface area contributed by atoms with Gasteiger partial charge in [0.05, 0.1) is 6.04 Å². The van der Waals surface area contributed by atoms with Gasteiger partial charge in [0.2, 0.25) is 5.91 Å². The Bertz CT molecular complexity index is 1080. The average molecular weight is 391 g/mol. The van der Waals surface area contributed by atoms with Crippen molar-refractivity contribution in [2.75, 3.05) is 19.6 Å². The molecule has 0 bridgehead atoms. The summed E-state index contributed by atoms with van der Waals surface area (Å²) in [5.41, 5.74) is 2.32. The lowest BCUT2D eigenvalue weighted by molar-refractivity contribution is -0.130.